The summed E-state index contributed by atoms with van der Waals surface area (Å²) in [6, 6.07) is 7.89. The minimum atomic E-state index is 0.644. The summed E-state index contributed by atoms with van der Waals surface area (Å²) in [5, 5.41) is 8.52. The van der Waals surface area contributed by atoms with Crippen LogP contribution in [-0.2, 0) is 4.74 Å². The predicted molar refractivity (Wildman–Crippen MR) is 104 cm³/mol. The van der Waals surface area contributed by atoms with Crippen LogP contribution < -0.4 is 9.64 Å². The van der Waals surface area contributed by atoms with Gasteiger partial charge >= 0.3 is 0 Å². The van der Waals surface area contributed by atoms with Crippen molar-refractivity contribution in [2.45, 2.75) is 12.8 Å². The molecule has 0 spiro atoms. The molecule has 0 amide bonds. The van der Waals surface area contributed by atoms with Crippen molar-refractivity contribution in [2.24, 2.45) is 5.92 Å². The molecule has 4 rings (SSSR count). The van der Waals surface area contributed by atoms with Crippen LogP contribution in [0, 0.1) is 5.92 Å². The second kappa shape index (κ2) is 8.63. The van der Waals surface area contributed by atoms with Crippen LogP contribution in [0.4, 0.5) is 5.95 Å². The maximum Gasteiger partial charge on any atom is 0.245 e. The van der Waals surface area contributed by atoms with E-state index < -0.39 is 0 Å². The number of hydrogen-bond donors (Lipinski definition) is 0. The molecule has 0 radical (unpaired) electrons. The summed E-state index contributed by atoms with van der Waals surface area (Å²) in [4.78, 5) is 9.59. The maximum absolute atomic E-state index is 5.46. The topological polar surface area (TPSA) is 63.6 Å². The van der Waals surface area contributed by atoms with Crippen molar-refractivity contribution in [3.63, 3.8) is 0 Å². The van der Waals surface area contributed by atoms with Crippen molar-refractivity contribution in [3.8, 4) is 17.0 Å². The van der Waals surface area contributed by atoms with E-state index in [0.717, 1.165) is 68.9 Å². The van der Waals surface area contributed by atoms with E-state index in [0.29, 0.717) is 5.92 Å². The first-order valence-electron chi connectivity index (χ1n) is 9.71. The first-order valence-corrected chi connectivity index (χ1v) is 9.71. The molecule has 2 aliphatic rings. The largest absolute Gasteiger partial charge is 0.497 e. The first kappa shape index (κ1) is 18.1. The van der Waals surface area contributed by atoms with Gasteiger partial charge in [0.2, 0.25) is 5.95 Å². The Morgan fingerprint density at radius 1 is 1.15 bits per heavy atom. The predicted octanol–water partition coefficient (Wildman–Crippen LogP) is 2.10. The van der Waals surface area contributed by atoms with Gasteiger partial charge in [-0.25, -0.2) is 4.98 Å². The third-order valence-corrected chi connectivity index (χ3v) is 5.36. The summed E-state index contributed by atoms with van der Waals surface area (Å²) >= 11 is 0. The van der Waals surface area contributed by atoms with Crippen molar-refractivity contribution in [2.75, 3.05) is 57.9 Å². The second-order valence-electron chi connectivity index (χ2n) is 7.24. The maximum atomic E-state index is 5.46. The van der Waals surface area contributed by atoms with Crippen LogP contribution in [0.1, 0.15) is 12.8 Å². The minimum Gasteiger partial charge on any atom is -0.497 e. The monoisotopic (exact) mass is 369 g/mol. The van der Waals surface area contributed by atoms with Crippen LogP contribution in [0.5, 0.6) is 5.75 Å². The molecule has 0 aliphatic carbocycles. The Balaban J connectivity index is 1.44. The van der Waals surface area contributed by atoms with E-state index in [-0.39, 0.29) is 0 Å². The summed E-state index contributed by atoms with van der Waals surface area (Å²) in [5.41, 5.74) is 1.87. The van der Waals surface area contributed by atoms with Crippen molar-refractivity contribution in [1.82, 2.24) is 20.1 Å². The third-order valence-electron chi connectivity index (χ3n) is 5.36. The Morgan fingerprint density at radius 3 is 2.74 bits per heavy atom. The summed E-state index contributed by atoms with van der Waals surface area (Å²) in [7, 11) is 1.67. The normalized spacial score (nSPS) is 21.2. The molecule has 1 atom stereocenters. The van der Waals surface area contributed by atoms with Crippen molar-refractivity contribution >= 4 is 5.95 Å². The van der Waals surface area contributed by atoms with E-state index in [1.165, 1.54) is 12.8 Å². The number of methoxy groups -OCH3 is 1. The number of benzene rings is 1. The van der Waals surface area contributed by atoms with E-state index in [2.05, 4.69) is 20.0 Å². The van der Waals surface area contributed by atoms with Gasteiger partial charge in [0.05, 0.1) is 32.2 Å². The number of aromatic nitrogens is 3. The van der Waals surface area contributed by atoms with Gasteiger partial charge in [0.1, 0.15) is 5.75 Å². The molecule has 3 heterocycles. The summed E-state index contributed by atoms with van der Waals surface area (Å²) < 4.78 is 10.7. The van der Waals surface area contributed by atoms with Gasteiger partial charge in [0, 0.05) is 38.3 Å². The van der Waals surface area contributed by atoms with E-state index >= 15 is 0 Å². The summed E-state index contributed by atoms with van der Waals surface area (Å²) in [5.74, 6) is 2.21. The number of ether oxygens (including phenoxy) is 2. The highest BCUT2D eigenvalue weighted by Crippen LogP contribution is 2.24. The average molecular weight is 369 g/mol. The van der Waals surface area contributed by atoms with Crippen LogP contribution in [-0.4, -0.2) is 73.1 Å². The minimum absolute atomic E-state index is 0.644. The number of hydrogen-bond acceptors (Lipinski definition) is 7. The van der Waals surface area contributed by atoms with Crippen LogP contribution in [0.2, 0.25) is 0 Å². The molecule has 1 aromatic carbocycles. The second-order valence-corrected chi connectivity index (χ2v) is 7.24. The van der Waals surface area contributed by atoms with Crippen LogP contribution in [0.15, 0.2) is 30.5 Å². The molecule has 2 fully saturated rings. The average Bonchev–Trinajstić information content (AvgIpc) is 2.75. The van der Waals surface area contributed by atoms with E-state index in [1.54, 1.807) is 13.3 Å². The number of anilines is 1. The fourth-order valence-electron chi connectivity index (χ4n) is 3.87. The third kappa shape index (κ3) is 4.54. The molecule has 7 heteroatoms. The van der Waals surface area contributed by atoms with E-state index in [1.807, 2.05) is 24.3 Å². The SMILES string of the molecule is COc1ccc(-c2cnnc(N3CCCC(CN4CCOCC4)C3)n2)cc1. The number of piperidine rings is 1. The Bertz CT molecular complexity index is 733. The Hall–Kier alpha value is -2.25. The highest BCUT2D eigenvalue weighted by Gasteiger charge is 2.25. The fourth-order valence-corrected chi connectivity index (χ4v) is 3.87. The molecule has 2 aromatic rings. The van der Waals surface area contributed by atoms with Crippen molar-refractivity contribution < 1.29 is 9.47 Å². The summed E-state index contributed by atoms with van der Waals surface area (Å²) in [6.45, 7) is 6.91. The van der Waals surface area contributed by atoms with Crippen LogP contribution >= 0.6 is 0 Å². The van der Waals surface area contributed by atoms with Gasteiger partial charge in [-0.15, -0.1) is 5.10 Å². The fraction of sp³-hybridized carbons (Fsp3) is 0.550. The lowest BCUT2D eigenvalue weighted by Gasteiger charge is -2.36. The molecule has 0 saturated carbocycles. The molecule has 1 aromatic heterocycles. The zero-order valence-electron chi connectivity index (χ0n) is 15.9. The zero-order valence-corrected chi connectivity index (χ0v) is 15.9. The Morgan fingerprint density at radius 2 is 1.96 bits per heavy atom. The number of morpholine rings is 1. The molecular weight excluding hydrogens is 342 g/mol. The van der Waals surface area contributed by atoms with Gasteiger partial charge in [-0.3, -0.25) is 4.90 Å². The molecule has 144 valence electrons. The number of rotatable bonds is 5. The molecule has 1 unspecified atom stereocenters. The zero-order chi connectivity index (χ0) is 18.5. The lowest BCUT2D eigenvalue weighted by atomic mass is 9.97. The number of nitrogens with zero attached hydrogens (tertiary/aromatic N) is 5. The lowest BCUT2D eigenvalue weighted by Crippen LogP contribution is -2.45. The molecule has 2 aliphatic heterocycles. The van der Waals surface area contributed by atoms with Crippen LogP contribution in [0.25, 0.3) is 11.3 Å². The highest BCUT2D eigenvalue weighted by atomic mass is 16.5. The van der Waals surface area contributed by atoms with Gasteiger partial charge < -0.3 is 14.4 Å². The van der Waals surface area contributed by atoms with Gasteiger partial charge in [0.15, 0.2) is 0 Å². The van der Waals surface area contributed by atoms with Gasteiger partial charge in [-0.2, -0.15) is 5.10 Å². The Labute approximate surface area is 160 Å². The first-order chi connectivity index (χ1) is 13.3. The Kier molecular flexibility index (Phi) is 5.79. The molecule has 7 nitrogen and oxygen atoms in total. The molecule has 0 bridgehead atoms. The molecule has 0 N–H and O–H groups in total. The van der Waals surface area contributed by atoms with Gasteiger partial charge in [-0.05, 0) is 43.0 Å². The van der Waals surface area contributed by atoms with Crippen molar-refractivity contribution in [1.29, 1.82) is 0 Å². The van der Waals surface area contributed by atoms with E-state index in [9.17, 15) is 0 Å². The van der Waals surface area contributed by atoms with Crippen LogP contribution in [0.3, 0.4) is 0 Å². The summed E-state index contributed by atoms with van der Waals surface area (Å²) in [6.07, 6.45) is 4.16. The lowest BCUT2D eigenvalue weighted by molar-refractivity contribution is 0.0296. The van der Waals surface area contributed by atoms with Gasteiger partial charge in [-0.1, -0.05) is 0 Å². The molecular formula is C20H27N5O2. The molecule has 2 saturated heterocycles. The smallest absolute Gasteiger partial charge is 0.245 e. The van der Waals surface area contributed by atoms with E-state index in [4.69, 9.17) is 14.5 Å². The van der Waals surface area contributed by atoms with Gasteiger partial charge in [0.25, 0.3) is 0 Å². The molecule has 27 heavy (non-hydrogen) atoms. The highest BCUT2D eigenvalue weighted by molar-refractivity contribution is 5.60. The van der Waals surface area contributed by atoms with Crippen molar-refractivity contribution in [3.05, 3.63) is 30.5 Å². The quantitative estimate of drug-likeness (QED) is 0.800. The standard InChI is InChI=1S/C20H27N5O2/c1-26-18-6-4-17(5-7-18)19-13-21-23-20(22-19)25-8-2-3-16(15-25)14-24-9-11-27-12-10-24/h4-7,13,16H,2-3,8-12,14-15H2,1H3.